The molecule has 0 amide bonds. The third kappa shape index (κ3) is 5.54. The van der Waals surface area contributed by atoms with E-state index in [0.717, 1.165) is 23.6 Å². The van der Waals surface area contributed by atoms with E-state index in [4.69, 9.17) is 30.8 Å². The van der Waals surface area contributed by atoms with Gasteiger partial charge < -0.3 is 29.3 Å². The molecule has 12 heteroatoms. The highest BCUT2D eigenvalue weighted by Crippen LogP contribution is 2.60. The predicted octanol–water partition coefficient (Wildman–Crippen LogP) is 6.13. The van der Waals surface area contributed by atoms with Crippen molar-refractivity contribution < 1.29 is 27.4 Å². The number of piperazine rings is 1. The fourth-order valence-electron chi connectivity index (χ4n) is 6.95. The van der Waals surface area contributed by atoms with Crippen LogP contribution in [0.1, 0.15) is 19.3 Å². The van der Waals surface area contributed by atoms with Gasteiger partial charge in [0.15, 0.2) is 12.6 Å². The number of alkyl halides is 2. The van der Waals surface area contributed by atoms with E-state index >= 15 is 4.39 Å². The number of ether oxygens (including phenoxy) is 3. The summed E-state index contributed by atoms with van der Waals surface area (Å²) in [5, 5.41) is 5.82. The monoisotopic (exact) mass is 641 g/mol. The third-order valence-corrected chi connectivity index (χ3v) is 9.41. The van der Waals surface area contributed by atoms with Gasteiger partial charge in [-0.05, 0) is 61.5 Å². The average Bonchev–Trinajstić information content (AvgIpc) is 3.37. The number of methoxy groups -OCH3 is 1. The maximum Gasteiger partial charge on any atom is 0.319 e. The maximum atomic E-state index is 16.9. The Balaban J connectivity index is 1.37. The minimum atomic E-state index is -2.86. The Bertz CT molecular complexity index is 1760. The van der Waals surface area contributed by atoms with Gasteiger partial charge in [-0.3, -0.25) is 0 Å². The van der Waals surface area contributed by atoms with Crippen molar-refractivity contribution in [3.63, 3.8) is 0 Å². The van der Waals surface area contributed by atoms with E-state index in [-0.39, 0.29) is 60.6 Å². The van der Waals surface area contributed by atoms with E-state index in [1.54, 1.807) is 31.1 Å². The predicted molar refractivity (Wildman–Crippen MR) is 168 cm³/mol. The molecule has 2 saturated heterocycles. The number of hydrogen-bond acceptors (Lipinski definition) is 8. The molecule has 3 heterocycles. The summed E-state index contributed by atoms with van der Waals surface area (Å²) in [6.45, 7) is 1.19. The SMILES string of the molecule is COCOc1cc(-c2c(Cl)cc3c(N4CC5CCC(C4)N5)nc(OC[C@]4(CN(C)C)CC4(F)F)nc3c2F)c2ccccc2c1. The summed E-state index contributed by atoms with van der Waals surface area (Å²) in [6.07, 6.45) is 1.77. The topological polar surface area (TPSA) is 72.0 Å². The van der Waals surface area contributed by atoms with Gasteiger partial charge in [0.05, 0.1) is 10.4 Å². The van der Waals surface area contributed by atoms with Crippen LogP contribution in [0.25, 0.3) is 32.8 Å². The molecule has 1 N–H and O–H groups in total. The van der Waals surface area contributed by atoms with Gasteiger partial charge >= 0.3 is 6.01 Å². The lowest BCUT2D eigenvalue weighted by Gasteiger charge is -2.34. The third-order valence-electron chi connectivity index (χ3n) is 9.11. The van der Waals surface area contributed by atoms with Crippen molar-refractivity contribution in [1.82, 2.24) is 20.2 Å². The Kier molecular flexibility index (Phi) is 7.71. The van der Waals surface area contributed by atoms with E-state index in [1.165, 1.54) is 7.11 Å². The summed E-state index contributed by atoms with van der Waals surface area (Å²) in [7, 11) is 5.02. The van der Waals surface area contributed by atoms with Gasteiger partial charge in [-0.1, -0.05) is 35.9 Å². The number of nitrogens with zero attached hydrogens (tertiary/aromatic N) is 4. The highest BCUT2D eigenvalue weighted by molar-refractivity contribution is 6.35. The van der Waals surface area contributed by atoms with Crippen LogP contribution >= 0.6 is 11.6 Å². The standard InChI is InChI=1S/C33H35ClF3N5O3/c1-41(2)16-32(15-33(32,36)37)17-44-31-39-29-25(30(40-31)42-13-20-8-9-21(14-42)38-20)12-26(34)27(28(29)35)24-11-22(45-18-43-3)10-19-6-4-5-7-23(19)24/h4-7,10-12,20-21,38H,8-9,13-18H2,1-3H3/t20?,21?,32-/m1/s1. The van der Waals surface area contributed by atoms with Gasteiger partial charge in [-0.25, -0.2) is 13.2 Å². The first-order chi connectivity index (χ1) is 21.6. The van der Waals surface area contributed by atoms with Gasteiger partial charge in [0.25, 0.3) is 5.92 Å². The molecule has 1 aliphatic carbocycles. The highest BCUT2D eigenvalue weighted by atomic mass is 35.5. The van der Waals surface area contributed by atoms with Crippen molar-refractivity contribution in [3.8, 4) is 22.9 Å². The summed E-state index contributed by atoms with van der Waals surface area (Å²) >= 11 is 6.92. The van der Waals surface area contributed by atoms with Crippen LogP contribution in [0.2, 0.25) is 5.02 Å². The summed E-state index contributed by atoms with van der Waals surface area (Å²) < 4.78 is 62.8. The van der Waals surface area contributed by atoms with Crippen LogP contribution < -0.4 is 19.7 Å². The van der Waals surface area contributed by atoms with Crippen molar-refractivity contribution in [1.29, 1.82) is 0 Å². The number of fused-ring (bicyclic) bond motifs is 4. The van der Waals surface area contributed by atoms with E-state index in [9.17, 15) is 8.78 Å². The molecule has 1 aromatic heterocycles. The van der Waals surface area contributed by atoms with E-state index in [1.807, 2.05) is 30.3 Å². The maximum absolute atomic E-state index is 16.9. The molecule has 2 bridgehead atoms. The molecule has 1 saturated carbocycles. The Morgan fingerprint density at radius 2 is 1.78 bits per heavy atom. The van der Waals surface area contributed by atoms with Crippen molar-refractivity contribution in [2.75, 3.05) is 59.1 Å². The van der Waals surface area contributed by atoms with Crippen LogP contribution in [-0.4, -0.2) is 87.1 Å². The van der Waals surface area contributed by atoms with Crippen LogP contribution in [0.3, 0.4) is 0 Å². The number of anilines is 1. The van der Waals surface area contributed by atoms with Crippen molar-refractivity contribution in [2.45, 2.75) is 37.3 Å². The van der Waals surface area contributed by atoms with Gasteiger partial charge in [0.1, 0.15) is 23.7 Å². The normalized spacial score (nSPS) is 23.7. The minimum Gasteiger partial charge on any atom is -0.468 e. The molecule has 3 atom stereocenters. The van der Waals surface area contributed by atoms with E-state index in [2.05, 4.69) is 15.2 Å². The molecule has 3 aromatic carbocycles. The Labute approximate surface area is 264 Å². The lowest BCUT2D eigenvalue weighted by molar-refractivity contribution is 0.0288. The van der Waals surface area contributed by atoms with Crippen molar-refractivity contribution in [3.05, 3.63) is 53.3 Å². The van der Waals surface area contributed by atoms with Gasteiger partial charge in [0.2, 0.25) is 0 Å². The molecule has 3 aliphatic rings. The lowest BCUT2D eigenvalue weighted by Crippen LogP contribution is -2.51. The molecule has 8 nitrogen and oxygen atoms in total. The van der Waals surface area contributed by atoms with Crippen LogP contribution in [-0.2, 0) is 4.74 Å². The van der Waals surface area contributed by atoms with E-state index in [0.29, 0.717) is 35.6 Å². The van der Waals surface area contributed by atoms with Crippen LogP contribution in [0.5, 0.6) is 11.8 Å². The summed E-state index contributed by atoms with van der Waals surface area (Å²) in [4.78, 5) is 13.0. The number of rotatable bonds is 10. The first-order valence-electron chi connectivity index (χ1n) is 15.1. The summed E-state index contributed by atoms with van der Waals surface area (Å²) in [5.41, 5.74) is -0.670. The zero-order chi connectivity index (χ0) is 31.5. The zero-order valence-corrected chi connectivity index (χ0v) is 26.1. The second-order valence-electron chi connectivity index (χ2n) is 12.7. The first-order valence-corrected chi connectivity index (χ1v) is 15.5. The number of halogens is 4. The smallest absolute Gasteiger partial charge is 0.319 e. The molecular formula is C33H35ClF3N5O3. The molecule has 45 heavy (non-hydrogen) atoms. The minimum absolute atomic E-state index is 0.0109. The molecular weight excluding hydrogens is 607 g/mol. The molecule has 0 spiro atoms. The Morgan fingerprint density at radius 3 is 2.47 bits per heavy atom. The number of hydrogen-bond donors (Lipinski definition) is 1. The molecule has 0 radical (unpaired) electrons. The fourth-order valence-corrected chi connectivity index (χ4v) is 7.24. The van der Waals surface area contributed by atoms with Crippen molar-refractivity contribution >= 4 is 39.1 Å². The summed E-state index contributed by atoms with van der Waals surface area (Å²) in [6, 6.07) is 13.2. The second-order valence-corrected chi connectivity index (χ2v) is 13.2. The van der Waals surface area contributed by atoms with Crippen LogP contribution in [0.4, 0.5) is 19.0 Å². The molecule has 238 valence electrons. The largest absolute Gasteiger partial charge is 0.468 e. The highest BCUT2D eigenvalue weighted by Gasteiger charge is 2.71. The molecule has 3 fully saturated rings. The Morgan fingerprint density at radius 1 is 1.04 bits per heavy atom. The van der Waals surface area contributed by atoms with E-state index < -0.39 is 17.2 Å². The average molecular weight is 642 g/mol. The second kappa shape index (κ2) is 11.5. The Hall–Kier alpha value is -3.38. The first kappa shape index (κ1) is 30.3. The van der Waals surface area contributed by atoms with Crippen molar-refractivity contribution in [2.24, 2.45) is 5.41 Å². The lowest BCUT2D eigenvalue weighted by atomic mass is 9.96. The van der Waals surface area contributed by atoms with Crippen LogP contribution in [0.15, 0.2) is 42.5 Å². The van der Waals surface area contributed by atoms with Gasteiger partial charge in [-0.2, -0.15) is 9.97 Å². The molecule has 2 aliphatic heterocycles. The van der Waals surface area contributed by atoms with Gasteiger partial charge in [0, 0.05) is 56.2 Å². The number of nitrogens with one attached hydrogen (secondary N) is 1. The fraction of sp³-hybridized carbons (Fsp3) is 0.455. The molecule has 2 unspecified atom stereocenters. The number of benzene rings is 3. The number of aromatic nitrogens is 2. The van der Waals surface area contributed by atoms with Crippen LogP contribution in [0, 0.1) is 11.2 Å². The molecule has 4 aromatic rings. The van der Waals surface area contributed by atoms with Gasteiger partial charge in [-0.15, -0.1) is 0 Å². The quantitative estimate of drug-likeness (QED) is 0.207. The molecule has 7 rings (SSSR count). The zero-order valence-electron chi connectivity index (χ0n) is 25.4. The summed E-state index contributed by atoms with van der Waals surface area (Å²) in [5.74, 6) is -2.55.